The average molecular weight is 428 g/mol. The molecule has 4 rings (SSSR count). The monoisotopic (exact) mass is 427 g/mol. The number of pyridine rings is 1. The molecule has 3 aromatic rings. The fourth-order valence-electron chi connectivity index (χ4n) is 4.02. The van der Waals surface area contributed by atoms with E-state index in [1.54, 1.807) is 4.90 Å². The van der Waals surface area contributed by atoms with Gasteiger partial charge in [-0.2, -0.15) is 0 Å². The summed E-state index contributed by atoms with van der Waals surface area (Å²) < 4.78 is 13.1. The lowest BCUT2D eigenvalue weighted by Gasteiger charge is -2.34. The van der Waals surface area contributed by atoms with Gasteiger partial charge >= 0.3 is 6.03 Å². The zero-order chi connectivity index (χ0) is 21.8. The number of rotatable bonds is 8. The van der Waals surface area contributed by atoms with Crippen molar-refractivity contribution < 1.29 is 14.3 Å². The number of morpholine rings is 1. The number of primary amides is 1. The van der Waals surface area contributed by atoms with Crippen LogP contribution < -0.4 is 16.9 Å². The van der Waals surface area contributed by atoms with E-state index in [4.69, 9.17) is 25.9 Å². The Hall–Kier alpha value is -3.11. The number of nitrogens with two attached hydrogens (primary N) is 2. The van der Waals surface area contributed by atoms with Crippen molar-refractivity contribution in [3.8, 4) is 0 Å². The van der Waals surface area contributed by atoms with Gasteiger partial charge in [0.15, 0.2) is 11.6 Å². The highest BCUT2D eigenvalue weighted by atomic mass is 16.5. The summed E-state index contributed by atoms with van der Waals surface area (Å²) >= 11 is 0. The highest BCUT2D eigenvalue weighted by Crippen LogP contribution is 2.28. The molecular weight excluding hydrogens is 398 g/mol. The highest BCUT2D eigenvalue weighted by Gasteiger charge is 2.25. The first-order chi connectivity index (χ1) is 15.1. The van der Waals surface area contributed by atoms with Crippen LogP contribution in [0.3, 0.4) is 0 Å². The van der Waals surface area contributed by atoms with Gasteiger partial charge in [0, 0.05) is 25.1 Å². The molecule has 10 nitrogen and oxygen atoms in total. The number of hydrogen-bond acceptors (Lipinski definition) is 7. The predicted molar refractivity (Wildman–Crippen MR) is 119 cm³/mol. The quantitative estimate of drug-likeness (QED) is 0.467. The van der Waals surface area contributed by atoms with Crippen LogP contribution in [0.1, 0.15) is 25.6 Å². The van der Waals surface area contributed by atoms with Gasteiger partial charge in [0.25, 0.3) is 0 Å². The second-order valence-electron chi connectivity index (χ2n) is 7.52. The zero-order valence-electron chi connectivity index (χ0n) is 17.7. The number of carbonyl (C=O) groups excluding carboxylic acids is 1. The lowest BCUT2D eigenvalue weighted by atomic mass is 10.1. The first-order valence-electron chi connectivity index (χ1n) is 10.6. The zero-order valence-corrected chi connectivity index (χ0v) is 17.7. The third-order valence-corrected chi connectivity index (χ3v) is 5.52. The number of benzene rings is 1. The van der Waals surface area contributed by atoms with Crippen molar-refractivity contribution in [1.29, 1.82) is 0 Å². The molecule has 1 aromatic carbocycles. The van der Waals surface area contributed by atoms with E-state index in [0.29, 0.717) is 50.9 Å². The van der Waals surface area contributed by atoms with Crippen molar-refractivity contribution in [2.45, 2.75) is 32.4 Å². The molecule has 1 fully saturated rings. The maximum Gasteiger partial charge on any atom is 0.315 e. The summed E-state index contributed by atoms with van der Waals surface area (Å²) in [6.07, 6.45) is 1.61. The third kappa shape index (κ3) is 4.35. The first-order valence-corrected chi connectivity index (χ1v) is 10.6. The number of nitrogens with zero attached hydrogens (tertiary/aromatic N) is 4. The van der Waals surface area contributed by atoms with E-state index < -0.39 is 6.03 Å². The lowest BCUT2D eigenvalue weighted by molar-refractivity contribution is 0.0113. The molecule has 0 aliphatic carbocycles. The Morgan fingerprint density at radius 1 is 1.35 bits per heavy atom. The van der Waals surface area contributed by atoms with Crippen LogP contribution in [-0.4, -0.2) is 64.5 Å². The van der Waals surface area contributed by atoms with Crippen LogP contribution in [0.25, 0.3) is 21.9 Å². The Balaban J connectivity index is 1.56. The lowest BCUT2D eigenvalue weighted by Crippen LogP contribution is -2.51. The Labute approximate surface area is 180 Å². The second-order valence-corrected chi connectivity index (χ2v) is 7.52. The van der Waals surface area contributed by atoms with Crippen LogP contribution in [0.4, 0.5) is 10.6 Å². The van der Waals surface area contributed by atoms with Crippen LogP contribution in [0.5, 0.6) is 0 Å². The van der Waals surface area contributed by atoms with E-state index in [9.17, 15) is 4.79 Å². The molecule has 2 aromatic heterocycles. The van der Waals surface area contributed by atoms with Gasteiger partial charge in [-0.05, 0) is 25.8 Å². The van der Waals surface area contributed by atoms with Gasteiger partial charge in [0.1, 0.15) is 17.6 Å². The van der Waals surface area contributed by atoms with E-state index in [1.165, 1.54) is 0 Å². The summed E-state index contributed by atoms with van der Waals surface area (Å²) in [6.45, 7) is 5.14. The van der Waals surface area contributed by atoms with Crippen LogP contribution >= 0.6 is 0 Å². The molecule has 31 heavy (non-hydrogen) atoms. The number of urea groups is 1. The highest BCUT2D eigenvalue weighted by molar-refractivity contribution is 6.06. The van der Waals surface area contributed by atoms with Gasteiger partial charge in [0.05, 0.1) is 24.8 Å². The Morgan fingerprint density at radius 2 is 2.19 bits per heavy atom. The normalized spacial score (nSPS) is 16.8. The summed E-state index contributed by atoms with van der Waals surface area (Å²) in [5.41, 5.74) is 17.5. The number of carbonyl (C=O) groups is 1. The van der Waals surface area contributed by atoms with Gasteiger partial charge in [-0.25, -0.2) is 19.4 Å². The van der Waals surface area contributed by atoms with Gasteiger partial charge in [0.2, 0.25) is 0 Å². The average Bonchev–Trinajstić information content (AvgIpc) is 3.15. The van der Waals surface area contributed by atoms with Crippen LogP contribution in [0.15, 0.2) is 24.3 Å². The molecule has 1 atom stereocenters. The number of nitrogens with one attached hydrogen (secondary N) is 1. The number of amides is 2. The molecule has 0 bridgehead atoms. The molecule has 5 N–H and O–H groups in total. The Morgan fingerprint density at radius 3 is 3.00 bits per heavy atom. The molecule has 1 aliphatic rings. The molecule has 10 heteroatoms. The van der Waals surface area contributed by atoms with Crippen LogP contribution in [0.2, 0.25) is 0 Å². The smallest absolute Gasteiger partial charge is 0.315 e. The molecule has 0 radical (unpaired) electrons. The number of fused-ring (bicyclic) bond motifs is 3. The molecule has 1 unspecified atom stereocenters. The molecule has 3 heterocycles. The van der Waals surface area contributed by atoms with Gasteiger partial charge in [-0.15, -0.1) is 0 Å². The van der Waals surface area contributed by atoms with Gasteiger partial charge in [-0.1, -0.05) is 18.2 Å². The summed E-state index contributed by atoms with van der Waals surface area (Å²) in [4.78, 5) is 22.5. The largest absolute Gasteiger partial charge is 0.382 e. The van der Waals surface area contributed by atoms with Crippen molar-refractivity contribution >= 4 is 33.8 Å². The van der Waals surface area contributed by atoms with Gasteiger partial charge < -0.3 is 31.3 Å². The molecule has 0 spiro atoms. The molecule has 0 saturated carbocycles. The van der Waals surface area contributed by atoms with Crippen LogP contribution in [0, 0.1) is 0 Å². The van der Waals surface area contributed by atoms with Gasteiger partial charge in [-0.3, -0.25) is 0 Å². The van der Waals surface area contributed by atoms with Crippen LogP contribution in [-0.2, 0) is 16.1 Å². The standard InChI is InChI=1S/C21H29N7O3/c1-2-30-13-17-26-18-19(15-7-3-4-8-16(15)25-20(18)22)28(17)24-9-5-6-14-12-31-11-10-27(14)21(23)29/h3-4,7-8,14,24H,2,5-6,9-13H2,1H3,(H2,22,25)(H2,23,29). The van der Waals surface area contributed by atoms with E-state index >= 15 is 0 Å². The van der Waals surface area contributed by atoms with Crippen molar-refractivity contribution in [3.05, 3.63) is 30.1 Å². The van der Waals surface area contributed by atoms with E-state index in [1.807, 2.05) is 35.9 Å². The second kappa shape index (κ2) is 9.36. The number of aromatic nitrogens is 3. The minimum atomic E-state index is -0.393. The molecular formula is C21H29N7O3. The number of anilines is 1. The van der Waals surface area contributed by atoms with Crippen molar-refractivity contribution in [1.82, 2.24) is 19.5 Å². The number of hydrogen-bond donors (Lipinski definition) is 3. The topological polar surface area (TPSA) is 134 Å². The third-order valence-electron chi connectivity index (χ3n) is 5.52. The molecule has 2 amide bonds. The molecule has 166 valence electrons. The number of ether oxygens (including phenoxy) is 2. The van der Waals surface area contributed by atoms with Crippen molar-refractivity contribution in [2.75, 3.05) is 44.1 Å². The predicted octanol–water partition coefficient (Wildman–Crippen LogP) is 1.81. The first kappa shape index (κ1) is 21.1. The Kier molecular flexibility index (Phi) is 6.38. The van der Waals surface area contributed by atoms with Crippen molar-refractivity contribution in [2.24, 2.45) is 5.73 Å². The molecule has 1 aliphatic heterocycles. The minimum Gasteiger partial charge on any atom is -0.382 e. The number of para-hydroxylation sites is 1. The summed E-state index contributed by atoms with van der Waals surface area (Å²) in [5, 5.41) is 0.968. The fourth-order valence-corrected chi connectivity index (χ4v) is 4.02. The summed E-state index contributed by atoms with van der Waals surface area (Å²) in [6, 6.07) is 7.46. The summed E-state index contributed by atoms with van der Waals surface area (Å²) in [5.74, 6) is 1.13. The number of nitrogen functional groups attached to an aromatic ring is 1. The number of imidazole rings is 1. The van der Waals surface area contributed by atoms with E-state index in [0.717, 1.165) is 35.1 Å². The maximum atomic E-state index is 11.7. The fraction of sp³-hybridized carbons (Fsp3) is 0.476. The van der Waals surface area contributed by atoms with Crippen molar-refractivity contribution in [3.63, 3.8) is 0 Å². The van der Waals surface area contributed by atoms with E-state index in [-0.39, 0.29) is 6.04 Å². The maximum absolute atomic E-state index is 11.7. The minimum absolute atomic E-state index is 0.00356. The Bertz CT molecular complexity index is 1070. The van der Waals surface area contributed by atoms with E-state index in [2.05, 4.69) is 10.4 Å². The SMILES string of the molecule is CCOCc1nc2c(N)nc3ccccc3c2n1NCCCC1COCCN1C(N)=O. The molecule has 1 saturated heterocycles. The summed E-state index contributed by atoms with van der Waals surface area (Å²) in [7, 11) is 0.